The molecular formula is C27H31F3N4O6. The van der Waals surface area contributed by atoms with Crippen LogP contribution in [0.5, 0.6) is 0 Å². The first-order chi connectivity index (χ1) is 18.6. The number of ether oxygens (including phenoxy) is 1. The van der Waals surface area contributed by atoms with Crippen molar-refractivity contribution >= 4 is 29.8 Å². The van der Waals surface area contributed by atoms with Gasteiger partial charge in [0, 0.05) is 18.5 Å². The molecule has 0 spiro atoms. The van der Waals surface area contributed by atoms with E-state index in [0.717, 1.165) is 11.1 Å². The van der Waals surface area contributed by atoms with Crippen LogP contribution in [0.1, 0.15) is 45.2 Å². The lowest BCUT2D eigenvalue weighted by Gasteiger charge is -2.20. The number of alkyl halides is 3. The van der Waals surface area contributed by atoms with Gasteiger partial charge in [0.1, 0.15) is 0 Å². The summed E-state index contributed by atoms with van der Waals surface area (Å²) >= 11 is 0. The van der Waals surface area contributed by atoms with Gasteiger partial charge >= 0.3 is 24.1 Å². The number of carbonyl (C=O) groups is 5. The van der Waals surface area contributed by atoms with Gasteiger partial charge in [-0.15, -0.1) is 0 Å². The minimum atomic E-state index is -5.36. The van der Waals surface area contributed by atoms with E-state index in [1.54, 1.807) is 45.0 Å². The monoisotopic (exact) mass is 564 g/mol. The average Bonchev–Trinajstić information content (AvgIpc) is 2.86. The quantitative estimate of drug-likeness (QED) is 0.258. The third kappa shape index (κ3) is 11.5. The van der Waals surface area contributed by atoms with Gasteiger partial charge in [0.05, 0.1) is 19.0 Å². The van der Waals surface area contributed by atoms with E-state index in [9.17, 15) is 37.1 Å². The number of rotatable bonds is 10. The van der Waals surface area contributed by atoms with Crippen LogP contribution in [0.25, 0.3) is 11.1 Å². The molecule has 0 bridgehead atoms. The fourth-order valence-corrected chi connectivity index (χ4v) is 3.35. The normalized spacial score (nSPS) is 12.1. The van der Waals surface area contributed by atoms with Crippen LogP contribution in [-0.2, 0) is 23.9 Å². The predicted octanol–water partition coefficient (Wildman–Crippen LogP) is 3.14. The highest BCUT2D eigenvalue weighted by Crippen LogP contribution is 2.24. The Balaban J connectivity index is 2.00. The summed E-state index contributed by atoms with van der Waals surface area (Å²) in [4.78, 5) is 59.4. The van der Waals surface area contributed by atoms with Gasteiger partial charge in [-0.1, -0.05) is 54.6 Å². The van der Waals surface area contributed by atoms with E-state index in [2.05, 4.69) is 26.0 Å². The van der Waals surface area contributed by atoms with Gasteiger partial charge in [0.15, 0.2) is 0 Å². The van der Waals surface area contributed by atoms with Crippen molar-refractivity contribution in [3.63, 3.8) is 0 Å². The summed E-state index contributed by atoms with van der Waals surface area (Å²) in [5.74, 6) is -5.47. The molecule has 0 aliphatic carbocycles. The highest BCUT2D eigenvalue weighted by Gasteiger charge is 2.42. The van der Waals surface area contributed by atoms with Crippen LogP contribution in [0, 0.1) is 0 Å². The van der Waals surface area contributed by atoms with Crippen LogP contribution in [0.2, 0.25) is 0 Å². The predicted molar refractivity (Wildman–Crippen MR) is 138 cm³/mol. The first-order valence-corrected chi connectivity index (χ1v) is 12.2. The number of amides is 4. The second-order valence-electron chi connectivity index (χ2n) is 9.73. The molecule has 0 aromatic heterocycles. The minimum absolute atomic E-state index is 0.00479. The molecule has 4 amide bonds. The average molecular weight is 565 g/mol. The number of hydrogen-bond acceptors (Lipinski definition) is 6. The Kier molecular flexibility index (Phi) is 11.2. The van der Waals surface area contributed by atoms with E-state index in [1.165, 1.54) is 0 Å². The molecule has 2 rings (SSSR count). The molecule has 0 aliphatic heterocycles. The van der Waals surface area contributed by atoms with Crippen molar-refractivity contribution in [1.82, 2.24) is 21.3 Å². The Morgan fingerprint density at radius 3 is 2.00 bits per heavy atom. The van der Waals surface area contributed by atoms with Gasteiger partial charge in [0.2, 0.25) is 11.8 Å². The molecule has 13 heteroatoms. The first kappa shape index (κ1) is 31.8. The van der Waals surface area contributed by atoms with E-state index >= 15 is 0 Å². The van der Waals surface area contributed by atoms with Crippen molar-refractivity contribution in [3.8, 4) is 11.1 Å². The maximum Gasteiger partial charge on any atom is 0.491 e. The molecule has 0 fully saturated rings. The first-order valence-electron chi connectivity index (χ1n) is 12.2. The largest absolute Gasteiger partial charge is 0.491 e. The second-order valence-corrected chi connectivity index (χ2v) is 9.73. The van der Waals surface area contributed by atoms with Crippen LogP contribution < -0.4 is 21.3 Å². The minimum Gasteiger partial charge on any atom is -0.386 e. The summed E-state index contributed by atoms with van der Waals surface area (Å²) in [6, 6.07) is 14.2. The third-order valence-electron chi connectivity index (χ3n) is 5.14. The Morgan fingerprint density at radius 2 is 1.43 bits per heavy atom. The summed E-state index contributed by atoms with van der Waals surface area (Å²) in [5.41, 5.74) is 1.58. The zero-order valence-electron chi connectivity index (χ0n) is 22.2. The summed E-state index contributed by atoms with van der Waals surface area (Å²) in [7, 11) is 0. The van der Waals surface area contributed by atoms with E-state index in [4.69, 9.17) is 0 Å². The molecule has 0 radical (unpaired) electrons. The van der Waals surface area contributed by atoms with E-state index in [0.29, 0.717) is 5.56 Å². The highest BCUT2D eigenvalue weighted by molar-refractivity contribution is 5.89. The number of esters is 2. The Hall–Kier alpha value is -4.42. The molecule has 0 saturated carbocycles. The second kappa shape index (κ2) is 14.1. The van der Waals surface area contributed by atoms with Gasteiger partial charge in [0.25, 0.3) is 0 Å². The molecule has 2 aromatic carbocycles. The van der Waals surface area contributed by atoms with Crippen molar-refractivity contribution in [2.24, 2.45) is 0 Å². The standard InChI is InChI=1S/C27H31F3N4O6/c1-26(2,3)34-25(39)31-14-13-21(35)32-16-22(36)33-20(15-23(37)40-24(38)27(28,29)30)19-11-9-18(10-12-19)17-7-5-4-6-8-17/h4-12,20H,13-16H2,1-3H3,(H,32,35)(H,33,36)(H2,31,34,39). The van der Waals surface area contributed by atoms with Crippen molar-refractivity contribution in [3.05, 3.63) is 60.2 Å². The maximum absolute atomic E-state index is 12.5. The van der Waals surface area contributed by atoms with Crippen molar-refractivity contribution in [1.29, 1.82) is 0 Å². The molecule has 1 atom stereocenters. The molecule has 4 N–H and O–H groups in total. The Bertz CT molecular complexity index is 1200. The Labute approximate surface area is 229 Å². The van der Waals surface area contributed by atoms with Gasteiger partial charge < -0.3 is 26.0 Å². The molecule has 0 saturated heterocycles. The third-order valence-corrected chi connectivity index (χ3v) is 5.14. The number of urea groups is 1. The van der Waals surface area contributed by atoms with Gasteiger partial charge in [-0.25, -0.2) is 9.59 Å². The lowest BCUT2D eigenvalue weighted by atomic mass is 9.99. The van der Waals surface area contributed by atoms with Crippen molar-refractivity contribution in [2.75, 3.05) is 13.1 Å². The SMILES string of the molecule is CC(C)(C)NC(=O)NCCC(=O)NCC(=O)NC(CC(=O)OC(=O)C(F)(F)F)c1ccc(-c2ccccc2)cc1. The highest BCUT2D eigenvalue weighted by atomic mass is 19.4. The molecule has 1 unspecified atom stereocenters. The summed E-state index contributed by atoms with van der Waals surface area (Å²) in [6.45, 7) is 4.86. The molecule has 10 nitrogen and oxygen atoms in total. The Morgan fingerprint density at radius 1 is 0.825 bits per heavy atom. The fourth-order valence-electron chi connectivity index (χ4n) is 3.35. The van der Waals surface area contributed by atoms with Gasteiger partial charge in [-0.3, -0.25) is 14.4 Å². The number of benzene rings is 2. The van der Waals surface area contributed by atoms with Gasteiger partial charge in [-0.05, 0) is 37.5 Å². The number of halogens is 3. The summed E-state index contributed by atoms with van der Waals surface area (Å²) < 4.78 is 41.4. The van der Waals surface area contributed by atoms with E-state index in [1.807, 2.05) is 30.3 Å². The topological polar surface area (TPSA) is 143 Å². The number of nitrogens with one attached hydrogen (secondary N) is 4. The summed E-state index contributed by atoms with van der Waals surface area (Å²) in [6.07, 6.45) is -6.27. The molecule has 40 heavy (non-hydrogen) atoms. The van der Waals surface area contributed by atoms with Gasteiger partial charge in [-0.2, -0.15) is 13.2 Å². The zero-order chi connectivity index (χ0) is 29.9. The molecule has 0 heterocycles. The van der Waals surface area contributed by atoms with E-state index in [-0.39, 0.29) is 13.0 Å². The lowest BCUT2D eigenvalue weighted by molar-refractivity contribution is -0.202. The van der Waals surface area contributed by atoms with Crippen LogP contribution in [-0.4, -0.2) is 54.6 Å². The van der Waals surface area contributed by atoms with Crippen LogP contribution in [0.15, 0.2) is 54.6 Å². The van der Waals surface area contributed by atoms with Crippen LogP contribution in [0.3, 0.4) is 0 Å². The fraction of sp³-hybridized carbons (Fsp3) is 0.370. The maximum atomic E-state index is 12.5. The van der Waals surface area contributed by atoms with Crippen molar-refractivity contribution in [2.45, 2.75) is 51.4 Å². The number of carbonyl (C=O) groups excluding carboxylic acids is 5. The zero-order valence-corrected chi connectivity index (χ0v) is 22.2. The lowest BCUT2D eigenvalue weighted by Crippen LogP contribution is -2.47. The molecule has 2 aromatic rings. The smallest absolute Gasteiger partial charge is 0.386 e. The summed E-state index contributed by atoms with van der Waals surface area (Å²) in [5, 5.41) is 9.99. The molecule has 0 aliphatic rings. The number of hydrogen-bond donors (Lipinski definition) is 4. The van der Waals surface area contributed by atoms with E-state index < -0.39 is 60.5 Å². The molecule has 216 valence electrons. The van der Waals surface area contributed by atoms with Crippen LogP contribution in [0.4, 0.5) is 18.0 Å². The van der Waals surface area contributed by atoms with Crippen LogP contribution >= 0.6 is 0 Å². The van der Waals surface area contributed by atoms with Crippen molar-refractivity contribution < 1.29 is 41.9 Å². The molecular weight excluding hydrogens is 533 g/mol.